The molecule has 0 aliphatic rings. The first-order valence-corrected chi connectivity index (χ1v) is 11.7. The van der Waals surface area contributed by atoms with Crippen molar-refractivity contribution in [2.24, 2.45) is 0 Å². The summed E-state index contributed by atoms with van der Waals surface area (Å²) >= 11 is 0. The fourth-order valence-electron chi connectivity index (χ4n) is 3.61. The molecule has 1 heterocycles. The summed E-state index contributed by atoms with van der Waals surface area (Å²) in [6.45, 7) is 5.67. The van der Waals surface area contributed by atoms with Gasteiger partial charge in [0.25, 0.3) is 0 Å². The number of fused-ring (bicyclic) bond motifs is 1. The zero-order chi connectivity index (χ0) is 20.9. The van der Waals surface area contributed by atoms with Gasteiger partial charge >= 0.3 is 0 Å². The van der Waals surface area contributed by atoms with Crippen molar-refractivity contribution in [3.8, 4) is 0 Å². The van der Waals surface area contributed by atoms with Gasteiger partial charge in [-0.2, -0.15) is 0 Å². The van der Waals surface area contributed by atoms with E-state index >= 15 is 0 Å². The summed E-state index contributed by atoms with van der Waals surface area (Å²) in [5.74, 6) is -0.0467. The molecule has 154 valence electrons. The van der Waals surface area contributed by atoms with Crippen molar-refractivity contribution < 1.29 is 13.2 Å². The van der Waals surface area contributed by atoms with Crippen LogP contribution in [0.5, 0.6) is 0 Å². The summed E-state index contributed by atoms with van der Waals surface area (Å²) in [6.07, 6.45) is 3.42. The number of benzene rings is 2. The van der Waals surface area contributed by atoms with Gasteiger partial charge in [0.05, 0.1) is 10.6 Å². The van der Waals surface area contributed by atoms with Crippen LogP contribution in [-0.2, 0) is 26.9 Å². The van der Waals surface area contributed by atoms with Gasteiger partial charge in [0.2, 0.25) is 5.91 Å². The van der Waals surface area contributed by atoms with E-state index in [0.29, 0.717) is 18.5 Å². The molecule has 0 atom stereocenters. The van der Waals surface area contributed by atoms with Crippen molar-refractivity contribution in [2.75, 3.05) is 13.1 Å². The predicted molar refractivity (Wildman–Crippen MR) is 116 cm³/mol. The van der Waals surface area contributed by atoms with Crippen LogP contribution in [0.25, 0.3) is 10.9 Å². The maximum absolute atomic E-state index is 13.1. The molecule has 1 aromatic heterocycles. The molecule has 0 fully saturated rings. The summed E-state index contributed by atoms with van der Waals surface area (Å²) in [5.41, 5.74) is 1.51. The zero-order valence-corrected chi connectivity index (χ0v) is 17.9. The average molecular weight is 413 g/mol. The minimum atomic E-state index is -3.54. The summed E-state index contributed by atoms with van der Waals surface area (Å²) < 4.78 is 28.1. The summed E-state index contributed by atoms with van der Waals surface area (Å²) in [6, 6.07) is 16.5. The molecule has 0 radical (unpaired) electrons. The fourth-order valence-corrected chi connectivity index (χ4v) is 5.19. The first-order chi connectivity index (χ1) is 14.0. The number of amides is 1. The van der Waals surface area contributed by atoms with Crippen molar-refractivity contribution in [1.82, 2.24) is 9.47 Å². The second-order valence-corrected chi connectivity index (χ2v) is 9.22. The molecule has 6 heteroatoms. The van der Waals surface area contributed by atoms with Crippen LogP contribution in [0.1, 0.15) is 32.3 Å². The van der Waals surface area contributed by atoms with Gasteiger partial charge in [-0.15, -0.1) is 0 Å². The molecule has 0 saturated heterocycles. The second kappa shape index (κ2) is 9.27. The van der Waals surface area contributed by atoms with Crippen LogP contribution >= 0.6 is 0 Å². The molecule has 3 rings (SSSR count). The number of aromatic nitrogens is 1. The van der Waals surface area contributed by atoms with Gasteiger partial charge in [0.1, 0.15) is 6.54 Å². The fraction of sp³-hybridized carbons (Fsp3) is 0.348. The number of sulfone groups is 1. The Bertz CT molecular complexity index is 1070. The molecule has 0 aliphatic carbocycles. The molecular weight excluding hydrogens is 384 g/mol. The van der Waals surface area contributed by atoms with Gasteiger partial charge in [-0.05, 0) is 24.5 Å². The van der Waals surface area contributed by atoms with E-state index in [4.69, 9.17) is 0 Å². The standard InChI is InChI=1S/C23H28N2O3S/c1-3-14-24(15-4-2)23(26)17-25-16-22(20-12-8-9-13-21(20)25)29(27,28)18-19-10-6-5-7-11-19/h5-13,16H,3-4,14-15,17-18H2,1-2H3. The highest BCUT2D eigenvalue weighted by atomic mass is 32.2. The van der Waals surface area contributed by atoms with Crippen LogP contribution in [0.2, 0.25) is 0 Å². The van der Waals surface area contributed by atoms with Gasteiger partial charge in [-0.1, -0.05) is 62.4 Å². The molecule has 1 amide bonds. The first-order valence-electron chi connectivity index (χ1n) is 10.1. The lowest BCUT2D eigenvalue weighted by Gasteiger charge is -2.22. The van der Waals surface area contributed by atoms with E-state index in [1.807, 2.05) is 59.5 Å². The van der Waals surface area contributed by atoms with Crippen LogP contribution in [-0.4, -0.2) is 36.9 Å². The second-order valence-electron chi connectivity index (χ2n) is 7.26. The van der Waals surface area contributed by atoms with E-state index in [1.165, 1.54) is 0 Å². The molecule has 0 N–H and O–H groups in total. The van der Waals surface area contributed by atoms with Crippen LogP contribution in [0, 0.1) is 0 Å². The van der Waals surface area contributed by atoms with Crippen molar-refractivity contribution in [1.29, 1.82) is 0 Å². The maximum atomic E-state index is 13.1. The average Bonchev–Trinajstić information content (AvgIpc) is 3.08. The molecule has 2 aromatic carbocycles. The number of hydrogen-bond donors (Lipinski definition) is 0. The minimum Gasteiger partial charge on any atom is -0.341 e. The van der Waals surface area contributed by atoms with Crippen LogP contribution in [0.15, 0.2) is 65.7 Å². The monoisotopic (exact) mass is 412 g/mol. The Morgan fingerprint density at radius 3 is 2.21 bits per heavy atom. The number of carbonyl (C=O) groups is 1. The van der Waals surface area contributed by atoms with Crippen LogP contribution in [0.4, 0.5) is 0 Å². The molecule has 0 spiro atoms. The first kappa shape index (κ1) is 21.1. The van der Waals surface area contributed by atoms with Gasteiger partial charge in [-0.25, -0.2) is 8.42 Å². The molecule has 3 aromatic rings. The lowest BCUT2D eigenvalue weighted by molar-refractivity contribution is -0.131. The third-order valence-corrected chi connectivity index (χ3v) is 6.64. The highest BCUT2D eigenvalue weighted by molar-refractivity contribution is 7.90. The van der Waals surface area contributed by atoms with E-state index in [-0.39, 0.29) is 23.1 Å². The summed E-state index contributed by atoms with van der Waals surface area (Å²) in [5, 5.41) is 0.661. The number of hydrogen-bond acceptors (Lipinski definition) is 3. The van der Waals surface area contributed by atoms with E-state index < -0.39 is 9.84 Å². The maximum Gasteiger partial charge on any atom is 0.242 e. The molecule has 29 heavy (non-hydrogen) atoms. The normalized spacial score (nSPS) is 11.7. The quantitative estimate of drug-likeness (QED) is 0.527. The Labute approximate surface area is 172 Å². The number of nitrogens with zero attached hydrogens (tertiary/aromatic N) is 2. The van der Waals surface area contributed by atoms with Crippen molar-refractivity contribution in [3.05, 3.63) is 66.4 Å². The highest BCUT2D eigenvalue weighted by Crippen LogP contribution is 2.28. The predicted octanol–water partition coefficient (Wildman–Crippen LogP) is 4.26. The Balaban J connectivity index is 1.96. The van der Waals surface area contributed by atoms with Gasteiger partial charge < -0.3 is 9.47 Å². The molecule has 0 bridgehead atoms. The Hall–Kier alpha value is -2.60. The Morgan fingerprint density at radius 2 is 1.55 bits per heavy atom. The van der Waals surface area contributed by atoms with E-state index in [9.17, 15) is 13.2 Å². The van der Waals surface area contributed by atoms with Gasteiger partial charge in [0.15, 0.2) is 9.84 Å². The van der Waals surface area contributed by atoms with Crippen LogP contribution < -0.4 is 0 Å². The minimum absolute atomic E-state index is 0.0152. The zero-order valence-electron chi connectivity index (χ0n) is 17.0. The third-order valence-electron chi connectivity index (χ3n) is 4.93. The lowest BCUT2D eigenvalue weighted by atomic mass is 10.2. The molecule has 0 saturated carbocycles. The number of para-hydroxylation sites is 1. The van der Waals surface area contributed by atoms with Crippen molar-refractivity contribution in [2.45, 2.75) is 43.9 Å². The topological polar surface area (TPSA) is 59.4 Å². The Kier molecular flexibility index (Phi) is 6.75. The van der Waals surface area contributed by atoms with Gasteiger partial charge in [0, 0.05) is 30.2 Å². The van der Waals surface area contributed by atoms with E-state index in [0.717, 1.165) is 23.9 Å². The smallest absolute Gasteiger partial charge is 0.242 e. The molecule has 5 nitrogen and oxygen atoms in total. The third kappa shape index (κ3) is 4.88. The van der Waals surface area contributed by atoms with E-state index in [2.05, 4.69) is 13.8 Å². The number of carbonyl (C=O) groups excluding carboxylic acids is 1. The molecule has 0 unspecified atom stereocenters. The largest absolute Gasteiger partial charge is 0.341 e. The summed E-state index contributed by atoms with van der Waals surface area (Å²) in [7, 11) is -3.54. The number of rotatable bonds is 9. The van der Waals surface area contributed by atoms with Crippen molar-refractivity contribution in [3.63, 3.8) is 0 Å². The summed E-state index contributed by atoms with van der Waals surface area (Å²) in [4.78, 5) is 15.0. The van der Waals surface area contributed by atoms with Gasteiger partial charge in [-0.3, -0.25) is 4.79 Å². The SMILES string of the molecule is CCCN(CCC)C(=O)Cn1cc(S(=O)(=O)Cc2ccccc2)c2ccccc21. The van der Waals surface area contributed by atoms with Crippen LogP contribution in [0.3, 0.4) is 0 Å². The molecular formula is C23H28N2O3S. The Morgan fingerprint density at radius 1 is 0.931 bits per heavy atom. The highest BCUT2D eigenvalue weighted by Gasteiger charge is 2.23. The molecule has 0 aliphatic heterocycles. The lowest BCUT2D eigenvalue weighted by Crippen LogP contribution is -2.35. The van der Waals surface area contributed by atoms with E-state index in [1.54, 1.807) is 10.8 Å². The van der Waals surface area contributed by atoms with Crippen molar-refractivity contribution >= 4 is 26.6 Å².